The van der Waals surface area contributed by atoms with Crippen molar-refractivity contribution in [1.29, 1.82) is 0 Å². The fraction of sp³-hybridized carbons (Fsp3) is 0.273. The first kappa shape index (κ1) is 10.5. The second-order valence-electron chi connectivity index (χ2n) is 3.38. The highest BCUT2D eigenvalue weighted by Gasteiger charge is 2.09. The van der Waals surface area contributed by atoms with Gasteiger partial charge in [-0.2, -0.15) is 0 Å². The summed E-state index contributed by atoms with van der Waals surface area (Å²) < 4.78 is 10.4. The Balaban J connectivity index is 2.31. The summed E-state index contributed by atoms with van der Waals surface area (Å²) in [6.45, 7) is 4.30. The van der Waals surface area contributed by atoms with Crippen LogP contribution in [0.15, 0.2) is 22.6 Å². The molecule has 0 fully saturated rings. The van der Waals surface area contributed by atoms with Gasteiger partial charge in [-0.15, -0.1) is 5.10 Å². The summed E-state index contributed by atoms with van der Waals surface area (Å²) in [4.78, 5) is 0. The van der Waals surface area contributed by atoms with Crippen LogP contribution in [0.25, 0.3) is 11.5 Å². The molecule has 0 bridgehead atoms. The first-order valence-corrected chi connectivity index (χ1v) is 5.03. The van der Waals surface area contributed by atoms with Crippen LogP contribution in [0.2, 0.25) is 0 Å². The molecule has 0 aliphatic rings. The third-order valence-electron chi connectivity index (χ3n) is 2.20. The van der Waals surface area contributed by atoms with Crippen LogP contribution >= 0.6 is 0 Å². The lowest BCUT2D eigenvalue weighted by Gasteiger charge is -2.00. The van der Waals surface area contributed by atoms with Crippen molar-refractivity contribution in [3.05, 3.63) is 23.8 Å². The number of ether oxygens (including phenoxy) is 1. The van der Waals surface area contributed by atoms with Crippen LogP contribution in [0.3, 0.4) is 0 Å². The van der Waals surface area contributed by atoms with Gasteiger partial charge in [0, 0.05) is 11.3 Å². The van der Waals surface area contributed by atoms with Crippen molar-refractivity contribution in [2.24, 2.45) is 0 Å². The summed E-state index contributed by atoms with van der Waals surface area (Å²) in [6, 6.07) is 5.60. The number of nitrogen functional groups attached to an aromatic ring is 1. The molecule has 0 amide bonds. The number of anilines is 1. The molecule has 1 aromatic heterocycles. The molecule has 0 unspecified atom stereocenters. The SMILES string of the molecule is CCOc1nnc(-c2ccc(C)c(N)c2)o1. The summed E-state index contributed by atoms with van der Waals surface area (Å²) in [5, 5.41) is 7.63. The molecule has 1 aromatic carbocycles. The van der Waals surface area contributed by atoms with Crippen LogP contribution in [-0.2, 0) is 0 Å². The van der Waals surface area contributed by atoms with Crippen LogP contribution < -0.4 is 10.5 Å². The first-order valence-electron chi connectivity index (χ1n) is 5.03. The monoisotopic (exact) mass is 219 g/mol. The summed E-state index contributed by atoms with van der Waals surface area (Å²) in [6.07, 6.45) is 0.177. The summed E-state index contributed by atoms with van der Waals surface area (Å²) >= 11 is 0. The topological polar surface area (TPSA) is 74.2 Å². The number of rotatable bonds is 3. The maximum Gasteiger partial charge on any atom is 0.414 e. The first-order chi connectivity index (χ1) is 7.70. The molecule has 2 aromatic rings. The molecule has 2 N–H and O–H groups in total. The Kier molecular flexibility index (Phi) is 2.76. The highest BCUT2D eigenvalue weighted by Crippen LogP contribution is 2.24. The zero-order chi connectivity index (χ0) is 11.5. The van der Waals surface area contributed by atoms with Crippen LogP contribution in [-0.4, -0.2) is 16.8 Å². The fourth-order valence-electron chi connectivity index (χ4n) is 1.28. The van der Waals surface area contributed by atoms with E-state index < -0.39 is 0 Å². The molecule has 0 spiro atoms. The van der Waals surface area contributed by atoms with Crippen molar-refractivity contribution in [2.45, 2.75) is 13.8 Å². The number of aromatic nitrogens is 2. The smallest absolute Gasteiger partial charge is 0.414 e. The fourth-order valence-corrected chi connectivity index (χ4v) is 1.28. The van der Waals surface area contributed by atoms with Crippen molar-refractivity contribution in [1.82, 2.24) is 10.2 Å². The van der Waals surface area contributed by atoms with Gasteiger partial charge >= 0.3 is 6.08 Å². The van der Waals surface area contributed by atoms with E-state index in [9.17, 15) is 0 Å². The lowest BCUT2D eigenvalue weighted by Crippen LogP contribution is -1.90. The van der Waals surface area contributed by atoms with Crippen molar-refractivity contribution in [3.63, 3.8) is 0 Å². The van der Waals surface area contributed by atoms with E-state index in [1.807, 2.05) is 26.0 Å². The summed E-state index contributed by atoms with van der Waals surface area (Å²) in [5.74, 6) is 0.412. The van der Waals surface area contributed by atoms with E-state index >= 15 is 0 Å². The number of aryl methyl sites for hydroxylation is 1. The highest BCUT2D eigenvalue weighted by atomic mass is 16.6. The van der Waals surface area contributed by atoms with Crippen LogP contribution in [0.5, 0.6) is 6.08 Å². The predicted molar refractivity (Wildman–Crippen MR) is 60.1 cm³/mol. The molecule has 16 heavy (non-hydrogen) atoms. The minimum Gasteiger partial charge on any atom is -0.449 e. The second kappa shape index (κ2) is 4.22. The molecular weight excluding hydrogens is 206 g/mol. The average Bonchev–Trinajstić information content (AvgIpc) is 2.71. The van der Waals surface area contributed by atoms with Crippen molar-refractivity contribution in [3.8, 4) is 17.5 Å². The van der Waals surface area contributed by atoms with E-state index in [4.69, 9.17) is 14.9 Å². The van der Waals surface area contributed by atoms with Crippen LogP contribution in [0.4, 0.5) is 5.69 Å². The Morgan fingerprint density at radius 2 is 2.19 bits per heavy atom. The number of nitrogens with two attached hydrogens (primary N) is 1. The molecular formula is C11H13N3O2. The predicted octanol–water partition coefficient (Wildman–Crippen LogP) is 2.03. The van der Waals surface area contributed by atoms with Gasteiger partial charge in [-0.25, -0.2) is 0 Å². The largest absolute Gasteiger partial charge is 0.449 e. The maximum absolute atomic E-state index is 5.80. The maximum atomic E-state index is 5.80. The highest BCUT2D eigenvalue weighted by molar-refractivity contribution is 5.62. The minimum absolute atomic E-state index is 0.177. The van der Waals surface area contributed by atoms with Crippen LogP contribution in [0, 0.1) is 6.92 Å². The number of hydrogen-bond acceptors (Lipinski definition) is 5. The Bertz CT molecular complexity index is 494. The second-order valence-corrected chi connectivity index (χ2v) is 3.38. The molecule has 5 heteroatoms. The van der Waals surface area contributed by atoms with Gasteiger partial charge in [0.05, 0.1) is 6.61 Å². The Morgan fingerprint density at radius 3 is 2.88 bits per heavy atom. The van der Waals surface area contributed by atoms with Gasteiger partial charge in [-0.05, 0) is 31.5 Å². The molecule has 0 atom stereocenters. The minimum atomic E-state index is 0.177. The number of hydrogen-bond donors (Lipinski definition) is 1. The lowest BCUT2D eigenvalue weighted by atomic mass is 10.1. The number of nitrogens with zero attached hydrogens (tertiary/aromatic N) is 2. The van der Waals surface area contributed by atoms with Gasteiger partial charge in [0.15, 0.2) is 0 Å². The van der Waals surface area contributed by atoms with Crippen LogP contribution in [0.1, 0.15) is 12.5 Å². The molecule has 0 aliphatic carbocycles. The zero-order valence-corrected chi connectivity index (χ0v) is 9.23. The third kappa shape index (κ3) is 1.98. The van der Waals surface area contributed by atoms with Gasteiger partial charge < -0.3 is 14.9 Å². The van der Waals surface area contributed by atoms with Gasteiger partial charge in [-0.3, -0.25) is 0 Å². The Hall–Kier alpha value is -2.04. The van der Waals surface area contributed by atoms with Crippen molar-refractivity contribution in [2.75, 3.05) is 12.3 Å². The average molecular weight is 219 g/mol. The number of benzene rings is 1. The normalized spacial score (nSPS) is 10.4. The standard InChI is InChI=1S/C11H13N3O2/c1-3-15-11-14-13-10(16-11)8-5-4-7(2)9(12)6-8/h4-6H,3,12H2,1-2H3. The van der Waals surface area contributed by atoms with E-state index in [1.165, 1.54) is 0 Å². The summed E-state index contributed by atoms with van der Waals surface area (Å²) in [5.41, 5.74) is 8.32. The molecule has 0 aliphatic heterocycles. The zero-order valence-electron chi connectivity index (χ0n) is 9.23. The molecule has 0 saturated heterocycles. The molecule has 0 radical (unpaired) electrons. The molecule has 1 heterocycles. The van der Waals surface area contributed by atoms with Crippen molar-refractivity contribution >= 4 is 5.69 Å². The molecule has 2 rings (SSSR count). The van der Waals surface area contributed by atoms with E-state index in [0.29, 0.717) is 18.2 Å². The summed E-state index contributed by atoms with van der Waals surface area (Å²) in [7, 11) is 0. The van der Waals surface area contributed by atoms with Gasteiger partial charge in [0.2, 0.25) is 0 Å². The molecule has 0 saturated carbocycles. The third-order valence-corrected chi connectivity index (χ3v) is 2.20. The van der Waals surface area contributed by atoms with E-state index in [-0.39, 0.29) is 6.08 Å². The molecule has 5 nitrogen and oxygen atoms in total. The quantitative estimate of drug-likeness (QED) is 0.799. The van der Waals surface area contributed by atoms with E-state index in [2.05, 4.69) is 10.2 Å². The van der Waals surface area contributed by atoms with Gasteiger partial charge in [-0.1, -0.05) is 11.2 Å². The van der Waals surface area contributed by atoms with E-state index in [0.717, 1.165) is 11.1 Å². The van der Waals surface area contributed by atoms with Gasteiger partial charge in [0.1, 0.15) is 0 Å². The Morgan fingerprint density at radius 1 is 1.38 bits per heavy atom. The lowest BCUT2D eigenvalue weighted by molar-refractivity contribution is 0.247. The van der Waals surface area contributed by atoms with E-state index in [1.54, 1.807) is 6.07 Å². The van der Waals surface area contributed by atoms with Crippen molar-refractivity contribution < 1.29 is 9.15 Å². The van der Waals surface area contributed by atoms with Gasteiger partial charge in [0.25, 0.3) is 5.89 Å². The molecule has 84 valence electrons. The Labute approximate surface area is 93.2 Å².